The minimum Gasteiger partial charge on any atom is -0.490 e. The molecule has 2 aliphatic rings. The van der Waals surface area contributed by atoms with Crippen molar-refractivity contribution in [3.05, 3.63) is 53.3 Å². The van der Waals surface area contributed by atoms with Crippen LogP contribution >= 0.6 is 12.4 Å². The topological polar surface area (TPSA) is 72.5 Å². The predicted molar refractivity (Wildman–Crippen MR) is 109 cm³/mol. The van der Waals surface area contributed by atoms with Crippen LogP contribution in [0, 0.1) is 5.92 Å². The van der Waals surface area contributed by atoms with Gasteiger partial charge in [0.05, 0.1) is 18.8 Å². The molecule has 1 atom stereocenters. The Kier molecular flexibility index (Phi) is 7.12. The Balaban J connectivity index is 0.00000225. The standard InChI is InChI=1S/C21H25N3O3.ClH/c25-21(18-9-17(12-23-14-18)8-16-4-5-22-11-16)24-13-15-2-3-19-20(10-15)27-7-1-6-26-19;/h2-3,9-10,12,14,16,22H,1,4-8,11,13H2,(H,24,25);1H. The maximum Gasteiger partial charge on any atom is 0.253 e. The second-order valence-electron chi connectivity index (χ2n) is 7.16. The Morgan fingerprint density at radius 3 is 2.82 bits per heavy atom. The number of hydrogen-bond acceptors (Lipinski definition) is 5. The van der Waals surface area contributed by atoms with E-state index in [0.717, 1.165) is 48.6 Å². The van der Waals surface area contributed by atoms with E-state index in [9.17, 15) is 4.79 Å². The summed E-state index contributed by atoms with van der Waals surface area (Å²) in [7, 11) is 0. The number of fused-ring (bicyclic) bond motifs is 1. The summed E-state index contributed by atoms with van der Waals surface area (Å²) in [5, 5.41) is 6.35. The number of rotatable bonds is 5. The van der Waals surface area contributed by atoms with Crippen LogP contribution in [0.15, 0.2) is 36.7 Å². The smallest absolute Gasteiger partial charge is 0.253 e. The largest absolute Gasteiger partial charge is 0.490 e. The molecule has 2 N–H and O–H groups in total. The number of pyridine rings is 1. The Bertz CT molecular complexity index is 809. The van der Waals surface area contributed by atoms with Gasteiger partial charge in [0, 0.05) is 25.4 Å². The van der Waals surface area contributed by atoms with Crippen LogP contribution in [0.25, 0.3) is 0 Å². The van der Waals surface area contributed by atoms with Crippen LogP contribution < -0.4 is 20.1 Å². The monoisotopic (exact) mass is 403 g/mol. The molecule has 1 fully saturated rings. The predicted octanol–water partition coefficient (Wildman–Crippen LogP) is 2.75. The molecule has 28 heavy (non-hydrogen) atoms. The van der Waals surface area contributed by atoms with E-state index in [1.807, 2.05) is 30.5 Å². The second-order valence-corrected chi connectivity index (χ2v) is 7.16. The maximum atomic E-state index is 12.5. The minimum atomic E-state index is -0.110. The molecule has 0 radical (unpaired) electrons. The van der Waals surface area contributed by atoms with E-state index in [2.05, 4.69) is 15.6 Å². The molecule has 7 heteroatoms. The van der Waals surface area contributed by atoms with Gasteiger partial charge in [-0.15, -0.1) is 12.4 Å². The van der Waals surface area contributed by atoms with Gasteiger partial charge in [0.1, 0.15) is 0 Å². The molecule has 2 aliphatic heterocycles. The van der Waals surface area contributed by atoms with Crippen LogP contribution in [0.4, 0.5) is 0 Å². The van der Waals surface area contributed by atoms with Gasteiger partial charge in [-0.05, 0) is 61.2 Å². The Labute approximate surface area is 171 Å². The summed E-state index contributed by atoms with van der Waals surface area (Å²) in [5.41, 5.74) is 2.70. The Morgan fingerprint density at radius 1 is 1.14 bits per heavy atom. The molecule has 4 rings (SSSR count). The average molecular weight is 404 g/mol. The Morgan fingerprint density at radius 2 is 2.00 bits per heavy atom. The summed E-state index contributed by atoms with van der Waals surface area (Å²) in [6.07, 6.45) is 6.50. The highest BCUT2D eigenvalue weighted by Crippen LogP contribution is 2.30. The van der Waals surface area contributed by atoms with Crippen molar-refractivity contribution in [1.82, 2.24) is 15.6 Å². The number of aromatic nitrogens is 1. The number of hydrogen-bond donors (Lipinski definition) is 2. The zero-order chi connectivity index (χ0) is 18.5. The molecule has 0 bridgehead atoms. The lowest BCUT2D eigenvalue weighted by atomic mass is 9.99. The van der Waals surface area contributed by atoms with Crippen molar-refractivity contribution in [2.24, 2.45) is 5.92 Å². The van der Waals surface area contributed by atoms with Crippen molar-refractivity contribution >= 4 is 18.3 Å². The molecule has 1 saturated heterocycles. The third-order valence-electron chi connectivity index (χ3n) is 5.01. The summed E-state index contributed by atoms with van der Waals surface area (Å²) in [6.45, 7) is 3.88. The molecule has 1 aromatic heterocycles. The van der Waals surface area contributed by atoms with Gasteiger partial charge in [-0.2, -0.15) is 0 Å². The van der Waals surface area contributed by atoms with Gasteiger partial charge in [-0.25, -0.2) is 0 Å². The van der Waals surface area contributed by atoms with Crippen LogP contribution in [0.3, 0.4) is 0 Å². The summed E-state index contributed by atoms with van der Waals surface area (Å²) in [6, 6.07) is 7.74. The van der Waals surface area contributed by atoms with Gasteiger partial charge in [-0.3, -0.25) is 9.78 Å². The molecular formula is C21H26ClN3O3. The first-order valence-corrected chi connectivity index (χ1v) is 9.59. The molecule has 1 amide bonds. The molecule has 0 spiro atoms. The van der Waals surface area contributed by atoms with Crippen LogP contribution in [0.1, 0.15) is 34.3 Å². The first-order valence-electron chi connectivity index (χ1n) is 9.59. The zero-order valence-electron chi connectivity index (χ0n) is 15.8. The van der Waals surface area contributed by atoms with Gasteiger partial charge >= 0.3 is 0 Å². The zero-order valence-corrected chi connectivity index (χ0v) is 16.6. The molecule has 1 unspecified atom stereocenters. The molecular weight excluding hydrogens is 378 g/mol. The van der Waals surface area contributed by atoms with Gasteiger partial charge in [0.2, 0.25) is 0 Å². The van der Waals surface area contributed by atoms with Gasteiger partial charge in [-0.1, -0.05) is 6.07 Å². The van der Waals surface area contributed by atoms with E-state index in [1.54, 1.807) is 6.20 Å². The van der Waals surface area contributed by atoms with Crippen molar-refractivity contribution in [3.63, 3.8) is 0 Å². The molecule has 3 heterocycles. The van der Waals surface area contributed by atoms with Gasteiger partial charge < -0.3 is 20.1 Å². The van der Waals surface area contributed by atoms with E-state index >= 15 is 0 Å². The highest BCUT2D eigenvalue weighted by atomic mass is 35.5. The number of ether oxygens (including phenoxy) is 2. The number of nitrogens with zero attached hydrogens (tertiary/aromatic N) is 1. The first kappa shape index (κ1) is 20.4. The van der Waals surface area contributed by atoms with Crippen molar-refractivity contribution in [2.75, 3.05) is 26.3 Å². The summed E-state index contributed by atoms with van der Waals surface area (Å²) in [4.78, 5) is 16.8. The normalized spacial score (nSPS) is 18.1. The summed E-state index contributed by atoms with van der Waals surface area (Å²) in [5.74, 6) is 2.03. The molecule has 6 nitrogen and oxygen atoms in total. The fourth-order valence-electron chi connectivity index (χ4n) is 3.55. The van der Waals surface area contributed by atoms with Crippen LogP contribution in [-0.4, -0.2) is 37.2 Å². The number of nitrogens with one attached hydrogen (secondary N) is 2. The summed E-state index contributed by atoms with van der Waals surface area (Å²) < 4.78 is 11.3. The lowest BCUT2D eigenvalue weighted by Gasteiger charge is -2.11. The quantitative estimate of drug-likeness (QED) is 0.803. The number of benzene rings is 1. The van der Waals surface area contributed by atoms with E-state index in [1.165, 1.54) is 6.42 Å². The number of halogens is 1. The van der Waals surface area contributed by atoms with Crippen molar-refractivity contribution < 1.29 is 14.3 Å². The lowest BCUT2D eigenvalue weighted by molar-refractivity contribution is 0.0950. The molecule has 150 valence electrons. The van der Waals surface area contributed by atoms with Gasteiger partial charge in [0.25, 0.3) is 5.91 Å². The SMILES string of the molecule is Cl.O=C(NCc1ccc2c(c1)OCCCO2)c1cncc(CC2CCNC2)c1. The highest BCUT2D eigenvalue weighted by molar-refractivity contribution is 5.94. The number of carbonyl (C=O) groups excluding carboxylic acids is 1. The molecule has 0 saturated carbocycles. The van der Waals surface area contributed by atoms with E-state index in [0.29, 0.717) is 31.2 Å². The lowest BCUT2D eigenvalue weighted by Crippen LogP contribution is -2.23. The van der Waals surface area contributed by atoms with Crippen molar-refractivity contribution in [3.8, 4) is 11.5 Å². The molecule has 2 aromatic rings. The van der Waals surface area contributed by atoms with Crippen LogP contribution in [0.2, 0.25) is 0 Å². The van der Waals surface area contributed by atoms with E-state index < -0.39 is 0 Å². The second kappa shape index (κ2) is 9.75. The third-order valence-corrected chi connectivity index (χ3v) is 5.01. The maximum absolute atomic E-state index is 12.5. The number of carbonyl (C=O) groups is 1. The molecule has 0 aliphatic carbocycles. The van der Waals surface area contributed by atoms with E-state index in [-0.39, 0.29) is 18.3 Å². The third kappa shape index (κ3) is 5.14. The van der Waals surface area contributed by atoms with Crippen LogP contribution in [0.5, 0.6) is 11.5 Å². The number of amides is 1. The minimum absolute atomic E-state index is 0. The van der Waals surface area contributed by atoms with Crippen LogP contribution in [-0.2, 0) is 13.0 Å². The highest BCUT2D eigenvalue weighted by Gasteiger charge is 2.16. The molecule has 1 aromatic carbocycles. The van der Waals surface area contributed by atoms with E-state index in [4.69, 9.17) is 9.47 Å². The summed E-state index contributed by atoms with van der Waals surface area (Å²) >= 11 is 0. The first-order chi connectivity index (χ1) is 13.3. The van der Waals surface area contributed by atoms with Crippen molar-refractivity contribution in [2.45, 2.75) is 25.8 Å². The average Bonchev–Trinajstić information content (AvgIpc) is 3.09. The fraction of sp³-hybridized carbons (Fsp3) is 0.429. The van der Waals surface area contributed by atoms with Crippen molar-refractivity contribution in [1.29, 1.82) is 0 Å². The Hall–Kier alpha value is -2.31. The fourth-order valence-corrected chi connectivity index (χ4v) is 3.55. The van der Waals surface area contributed by atoms with Gasteiger partial charge in [0.15, 0.2) is 11.5 Å².